The number of nitrogens with one attached hydrogen (secondary N) is 1. The predicted octanol–water partition coefficient (Wildman–Crippen LogP) is 4.68. The number of nitrogens with zero attached hydrogens (tertiary/aromatic N) is 2. The van der Waals surface area contributed by atoms with Gasteiger partial charge in [-0.2, -0.15) is 0 Å². The van der Waals surface area contributed by atoms with Crippen LogP contribution in [0.4, 0.5) is 0 Å². The number of amides is 1. The summed E-state index contributed by atoms with van der Waals surface area (Å²) in [6.07, 6.45) is 2.54. The first-order chi connectivity index (χ1) is 19.2. The number of para-hydroxylation sites is 1. The Labute approximate surface area is 230 Å². The lowest BCUT2D eigenvalue weighted by atomic mass is 9.87. The van der Waals surface area contributed by atoms with E-state index in [2.05, 4.69) is 69.5 Å². The van der Waals surface area contributed by atoms with Gasteiger partial charge in [0.25, 0.3) is 0 Å². The summed E-state index contributed by atoms with van der Waals surface area (Å²) < 4.78 is 18.8. The number of rotatable bonds is 11. The Morgan fingerprint density at radius 3 is 2.46 bits per heavy atom. The normalized spacial score (nSPS) is 14.7. The maximum Gasteiger partial charge on any atom is 0.220 e. The van der Waals surface area contributed by atoms with Crippen LogP contribution >= 0.6 is 0 Å². The third kappa shape index (κ3) is 6.44. The Kier molecular flexibility index (Phi) is 8.81. The molecule has 1 aromatic heterocycles. The zero-order valence-electron chi connectivity index (χ0n) is 22.8. The average Bonchev–Trinajstić information content (AvgIpc) is 3.34. The highest BCUT2D eigenvalue weighted by Crippen LogP contribution is 2.38. The van der Waals surface area contributed by atoms with E-state index in [9.17, 15) is 4.79 Å². The highest BCUT2D eigenvalue weighted by Gasteiger charge is 2.24. The molecular formula is C32H37N3O4. The Morgan fingerprint density at radius 2 is 1.69 bits per heavy atom. The van der Waals surface area contributed by atoms with Crippen molar-refractivity contribution >= 4 is 16.8 Å². The molecule has 39 heavy (non-hydrogen) atoms. The van der Waals surface area contributed by atoms with Gasteiger partial charge in [-0.3, -0.25) is 9.69 Å². The summed E-state index contributed by atoms with van der Waals surface area (Å²) in [5, 5.41) is 4.31. The van der Waals surface area contributed by atoms with Crippen LogP contribution in [0.3, 0.4) is 0 Å². The van der Waals surface area contributed by atoms with E-state index in [0.29, 0.717) is 24.5 Å². The maximum atomic E-state index is 13.3. The van der Waals surface area contributed by atoms with Crippen molar-refractivity contribution in [2.75, 3.05) is 53.6 Å². The average molecular weight is 528 g/mol. The second-order valence-corrected chi connectivity index (χ2v) is 9.89. The highest BCUT2D eigenvalue weighted by atomic mass is 16.5. The summed E-state index contributed by atoms with van der Waals surface area (Å²) in [6, 6.07) is 24.8. The molecule has 5 rings (SSSR count). The monoisotopic (exact) mass is 527 g/mol. The molecule has 4 aromatic rings. The lowest BCUT2D eigenvalue weighted by molar-refractivity contribution is -0.121. The van der Waals surface area contributed by atoms with Crippen molar-refractivity contribution in [3.05, 3.63) is 95.7 Å². The van der Waals surface area contributed by atoms with Crippen LogP contribution in [-0.2, 0) is 16.1 Å². The van der Waals surface area contributed by atoms with Gasteiger partial charge >= 0.3 is 0 Å². The number of fused-ring (bicyclic) bond motifs is 1. The molecule has 0 aliphatic carbocycles. The SMILES string of the molecule is COc1ccc(C(CC(=O)NCCN2CCOCC2)c2cn(Cc3ccccc3)c3ccccc23)cc1OC. The number of morpholine rings is 1. The van der Waals surface area contributed by atoms with Crippen LogP contribution in [-0.4, -0.2) is 69.0 Å². The zero-order chi connectivity index (χ0) is 27.0. The number of benzene rings is 3. The van der Waals surface area contributed by atoms with E-state index in [1.807, 2.05) is 24.3 Å². The molecule has 0 radical (unpaired) electrons. The van der Waals surface area contributed by atoms with E-state index < -0.39 is 0 Å². The van der Waals surface area contributed by atoms with E-state index >= 15 is 0 Å². The zero-order valence-corrected chi connectivity index (χ0v) is 22.8. The van der Waals surface area contributed by atoms with Gasteiger partial charge in [0, 0.05) is 62.2 Å². The molecule has 1 aliphatic rings. The van der Waals surface area contributed by atoms with Gasteiger partial charge in [-0.05, 0) is 34.9 Å². The van der Waals surface area contributed by atoms with Crippen molar-refractivity contribution in [3.8, 4) is 11.5 Å². The fourth-order valence-corrected chi connectivity index (χ4v) is 5.38. The summed E-state index contributed by atoms with van der Waals surface area (Å²) in [4.78, 5) is 15.7. The molecule has 7 nitrogen and oxygen atoms in total. The van der Waals surface area contributed by atoms with Gasteiger partial charge in [-0.25, -0.2) is 0 Å². The van der Waals surface area contributed by atoms with Gasteiger partial charge in [-0.15, -0.1) is 0 Å². The first kappa shape index (κ1) is 26.8. The van der Waals surface area contributed by atoms with Gasteiger partial charge in [0.2, 0.25) is 5.91 Å². The summed E-state index contributed by atoms with van der Waals surface area (Å²) in [5.74, 6) is 1.19. The molecule has 3 aromatic carbocycles. The Hall–Kier alpha value is -3.81. The second kappa shape index (κ2) is 12.8. The van der Waals surface area contributed by atoms with Gasteiger partial charge in [0.1, 0.15) is 0 Å². The molecule has 1 fully saturated rings. The summed E-state index contributed by atoms with van der Waals surface area (Å²) in [7, 11) is 3.27. The Bertz CT molecular complexity index is 1380. The van der Waals surface area contributed by atoms with Gasteiger partial charge in [-0.1, -0.05) is 54.6 Å². The van der Waals surface area contributed by atoms with Crippen LogP contribution in [0.5, 0.6) is 11.5 Å². The third-order valence-electron chi connectivity index (χ3n) is 7.44. The van der Waals surface area contributed by atoms with Gasteiger partial charge < -0.3 is 24.1 Å². The summed E-state index contributed by atoms with van der Waals surface area (Å²) in [5.41, 5.74) is 4.51. The first-order valence-electron chi connectivity index (χ1n) is 13.6. The molecule has 1 amide bonds. The highest BCUT2D eigenvalue weighted by molar-refractivity contribution is 5.87. The fraction of sp³-hybridized carbons (Fsp3) is 0.344. The van der Waals surface area contributed by atoms with Gasteiger partial charge in [0.05, 0.1) is 27.4 Å². The van der Waals surface area contributed by atoms with Gasteiger partial charge in [0.15, 0.2) is 11.5 Å². The van der Waals surface area contributed by atoms with Crippen LogP contribution < -0.4 is 14.8 Å². The van der Waals surface area contributed by atoms with Crippen LogP contribution in [0.15, 0.2) is 79.0 Å². The number of methoxy groups -OCH3 is 2. The molecular weight excluding hydrogens is 490 g/mol. The van der Waals surface area contributed by atoms with Crippen LogP contribution in [0.2, 0.25) is 0 Å². The lowest BCUT2D eigenvalue weighted by Gasteiger charge is -2.26. The fourth-order valence-electron chi connectivity index (χ4n) is 5.38. The Balaban J connectivity index is 1.46. The smallest absolute Gasteiger partial charge is 0.220 e. The molecule has 2 heterocycles. The molecule has 0 spiro atoms. The molecule has 1 atom stereocenters. The number of ether oxygens (including phenoxy) is 3. The van der Waals surface area contributed by atoms with Crippen LogP contribution in [0, 0.1) is 0 Å². The van der Waals surface area contributed by atoms with E-state index in [1.165, 1.54) is 5.56 Å². The minimum Gasteiger partial charge on any atom is -0.493 e. The molecule has 204 valence electrons. The second-order valence-electron chi connectivity index (χ2n) is 9.89. The summed E-state index contributed by atoms with van der Waals surface area (Å²) in [6.45, 7) is 5.52. The van der Waals surface area contributed by atoms with E-state index in [4.69, 9.17) is 14.2 Å². The third-order valence-corrected chi connectivity index (χ3v) is 7.44. The van der Waals surface area contributed by atoms with Crippen LogP contribution in [0.1, 0.15) is 29.0 Å². The number of carbonyl (C=O) groups excluding carboxylic acids is 1. The van der Waals surface area contributed by atoms with Crippen molar-refractivity contribution in [2.45, 2.75) is 18.9 Å². The summed E-state index contributed by atoms with van der Waals surface area (Å²) >= 11 is 0. The van der Waals surface area contributed by atoms with Crippen molar-refractivity contribution < 1.29 is 19.0 Å². The molecule has 1 unspecified atom stereocenters. The van der Waals surface area contributed by atoms with Crippen molar-refractivity contribution in [1.29, 1.82) is 0 Å². The topological polar surface area (TPSA) is 65.0 Å². The maximum absolute atomic E-state index is 13.3. The molecule has 0 bridgehead atoms. The number of hydrogen-bond acceptors (Lipinski definition) is 5. The van der Waals surface area contributed by atoms with Crippen LogP contribution in [0.25, 0.3) is 10.9 Å². The predicted molar refractivity (Wildman–Crippen MR) is 154 cm³/mol. The Morgan fingerprint density at radius 1 is 0.949 bits per heavy atom. The van der Waals surface area contributed by atoms with Crippen molar-refractivity contribution in [2.24, 2.45) is 0 Å². The number of aromatic nitrogens is 1. The molecule has 1 N–H and O–H groups in total. The minimum atomic E-state index is -0.157. The van der Waals surface area contributed by atoms with E-state index in [1.54, 1.807) is 14.2 Å². The molecule has 1 aliphatic heterocycles. The standard InChI is InChI=1S/C32H37N3O4/c1-37-30-13-12-25(20-31(30)38-2)27(21-32(36)33-14-15-34-16-18-39-19-17-34)28-23-35(22-24-8-4-3-5-9-24)29-11-7-6-10-26(28)29/h3-13,20,23,27H,14-19,21-22H2,1-2H3,(H,33,36). The number of carbonyl (C=O) groups is 1. The molecule has 1 saturated heterocycles. The minimum absolute atomic E-state index is 0.0305. The first-order valence-corrected chi connectivity index (χ1v) is 13.6. The van der Waals surface area contributed by atoms with Crippen molar-refractivity contribution in [3.63, 3.8) is 0 Å². The molecule has 7 heteroatoms. The lowest BCUT2D eigenvalue weighted by Crippen LogP contribution is -2.41. The number of hydrogen-bond donors (Lipinski definition) is 1. The van der Waals surface area contributed by atoms with Crippen molar-refractivity contribution in [1.82, 2.24) is 14.8 Å². The largest absolute Gasteiger partial charge is 0.493 e. The van der Waals surface area contributed by atoms with E-state index in [-0.39, 0.29) is 11.8 Å². The van der Waals surface area contributed by atoms with E-state index in [0.717, 1.165) is 61.4 Å². The molecule has 0 saturated carbocycles. The quantitative estimate of drug-likeness (QED) is 0.307.